The number of likely N-dealkylation sites (N-methyl/N-ethyl adjacent to an activating group) is 1. The van der Waals surface area contributed by atoms with Crippen LogP contribution in [-0.2, 0) is 16.8 Å². The van der Waals surface area contributed by atoms with Crippen molar-refractivity contribution in [2.45, 2.75) is 30.9 Å². The molecule has 2 unspecified atom stereocenters. The molecule has 1 heterocycles. The zero-order valence-electron chi connectivity index (χ0n) is 15.6. The summed E-state index contributed by atoms with van der Waals surface area (Å²) < 4.78 is 0. The van der Waals surface area contributed by atoms with E-state index in [0.717, 1.165) is 12.0 Å². The smallest absolute Gasteiger partial charge is 0.222 e. The fraction of sp³-hybridized carbons (Fsp3) is 0.409. The van der Waals surface area contributed by atoms with Gasteiger partial charge in [-0.2, -0.15) is 0 Å². The summed E-state index contributed by atoms with van der Waals surface area (Å²) in [6.07, 6.45) is 1.82. The number of piperidine rings is 1. The van der Waals surface area contributed by atoms with Crippen LogP contribution in [0, 0.1) is 0 Å². The van der Waals surface area contributed by atoms with Crippen LogP contribution in [0.5, 0.6) is 0 Å². The zero-order valence-corrected chi connectivity index (χ0v) is 15.6. The Hall–Kier alpha value is -2.17. The topological polar surface area (TPSA) is 43.8 Å². The number of amides is 1. The minimum Gasteiger partial charge on any atom is -0.383 e. The molecule has 1 saturated heterocycles. The van der Waals surface area contributed by atoms with Crippen molar-refractivity contribution in [1.82, 2.24) is 9.80 Å². The first kappa shape index (κ1) is 18.6. The lowest BCUT2D eigenvalue weighted by Gasteiger charge is -2.47. The first-order valence-corrected chi connectivity index (χ1v) is 9.27. The average molecular weight is 352 g/mol. The molecule has 0 saturated carbocycles. The van der Waals surface area contributed by atoms with Crippen LogP contribution < -0.4 is 0 Å². The van der Waals surface area contributed by atoms with Gasteiger partial charge in [0, 0.05) is 19.5 Å². The Morgan fingerprint density at radius 1 is 1.12 bits per heavy atom. The lowest BCUT2D eigenvalue weighted by Crippen LogP contribution is -2.60. The van der Waals surface area contributed by atoms with Gasteiger partial charge >= 0.3 is 0 Å². The fourth-order valence-electron chi connectivity index (χ4n) is 3.86. The van der Waals surface area contributed by atoms with Crippen LogP contribution in [0.25, 0.3) is 0 Å². The maximum atomic E-state index is 12.7. The molecular formula is C22H28N2O2. The molecule has 1 aliphatic rings. The highest BCUT2D eigenvalue weighted by Crippen LogP contribution is 2.35. The second kappa shape index (κ2) is 8.02. The molecule has 0 aliphatic carbocycles. The highest BCUT2D eigenvalue weighted by molar-refractivity contribution is 5.76. The summed E-state index contributed by atoms with van der Waals surface area (Å²) in [5.41, 5.74) is 1.18. The molecule has 4 nitrogen and oxygen atoms in total. The lowest BCUT2D eigenvalue weighted by molar-refractivity contribution is -0.141. The number of rotatable bonds is 5. The molecule has 1 amide bonds. The van der Waals surface area contributed by atoms with Crippen molar-refractivity contribution in [3.05, 3.63) is 71.8 Å². The van der Waals surface area contributed by atoms with Crippen LogP contribution in [0.2, 0.25) is 0 Å². The summed E-state index contributed by atoms with van der Waals surface area (Å²) in [6.45, 7) is 1.13. The molecule has 1 aliphatic heterocycles. The van der Waals surface area contributed by atoms with Gasteiger partial charge < -0.3 is 14.9 Å². The molecule has 2 aromatic carbocycles. The van der Waals surface area contributed by atoms with E-state index in [9.17, 15) is 9.90 Å². The molecule has 0 aromatic heterocycles. The molecule has 2 aromatic rings. The van der Waals surface area contributed by atoms with E-state index in [2.05, 4.69) is 12.1 Å². The van der Waals surface area contributed by atoms with Crippen LogP contribution in [-0.4, -0.2) is 54.0 Å². The van der Waals surface area contributed by atoms with E-state index >= 15 is 0 Å². The van der Waals surface area contributed by atoms with Gasteiger partial charge in [0.15, 0.2) is 0 Å². The molecular weight excluding hydrogens is 324 g/mol. The Labute approximate surface area is 156 Å². The quantitative estimate of drug-likeness (QED) is 0.900. The van der Waals surface area contributed by atoms with Gasteiger partial charge in [-0.1, -0.05) is 60.7 Å². The number of aryl methyl sites for hydroxylation is 1. The largest absolute Gasteiger partial charge is 0.383 e. The SMILES string of the molecule is CN(C)C1CN(C(=O)CCc2ccccc2)CCC1(O)c1ccccc1. The van der Waals surface area contributed by atoms with Gasteiger partial charge in [0.1, 0.15) is 5.60 Å². The number of nitrogens with zero attached hydrogens (tertiary/aromatic N) is 2. The van der Waals surface area contributed by atoms with Crippen molar-refractivity contribution < 1.29 is 9.90 Å². The second-order valence-electron chi connectivity index (χ2n) is 7.35. The van der Waals surface area contributed by atoms with Crippen LogP contribution in [0.3, 0.4) is 0 Å². The fourth-order valence-corrected chi connectivity index (χ4v) is 3.86. The normalized spacial score (nSPS) is 23.2. The standard InChI is InChI=1S/C22H28N2O2/c1-23(2)20-17-24(21(25)14-13-18-9-5-3-6-10-18)16-15-22(20,26)19-11-7-4-8-12-19/h3-12,20,26H,13-17H2,1-2H3. The number of hydrogen-bond donors (Lipinski definition) is 1. The molecule has 0 radical (unpaired) electrons. The second-order valence-corrected chi connectivity index (χ2v) is 7.35. The average Bonchev–Trinajstić information content (AvgIpc) is 2.67. The number of hydrogen-bond acceptors (Lipinski definition) is 3. The minimum absolute atomic E-state index is 0.126. The van der Waals surface area contributed by atoms with E-state index in [4.69, 9.17) is 0 Å². The maximum absolute atomic E-state index is 12.7. The maximum Gasteiger partial charge on any atom is 0.222 e. The van der Waals surface area contributed by atoms with Crippen molar-refractivity contribution in [2.75, 3.05) is 27.2 Å². The summed E-state index contributed by atoms with van der Waals surface area (Å²) >= 11 is 0. The summed E-state index contributed by atoms with van der Waals surface area (Å²) in [6, 6.07) is 19.8. The van der Waals surface area contributed by atoms with E-state index in [1.807, 2.05) is 72.4 Å². The van der Waals surface area contributed by atoms with Crippen LogP contribution in [0.15, 0.2) is 60.7 Å². The van der Waals surface area contributed by atoms with E-state index in [0.29, 0.717) is 25.9 Å². The van der Waals surface area contributed by atoms with E-state index in [-0.39, 0.29) is 11.9 Å². The highest BCUT2D eigenvalue weighted by Gasteiger charge is 2.44. The predicted octanol–water partition coefficient (Wildman–Crippen LogP) is 2.67. The number of carbonyl (C=O) groups excluding carboxylic acids is 1. The molecule has 1 N–H and O–H groups in total. The molecule has 0 spiro atoms. The van der Waals surface area contributed by atoms with Crippen molar-refractivity contribution in [3.63, 3.8) is 0 Å². The van der Waals surface area contributed by atoms with Gasteiger partial charge in [-0.25, -0.2) is 0 Å². The van der Waals surface area contributed by atoms with Crippen molar-refractivity contribution in [1.29, 1.82) is 0 Å². The van der Waals surface area contributed by atoms with E-state index in [1.165, 1.54) is 5.56 Å². The van der Waals surface area contributed by atoms with Crippen LogP contribution in [0.4, 0.5) is 0 Å². The molecule has 26 heavy (non-hydrogen) atoms. The Bertz CT molecular complexity index is 717. The number of benzene rings is 2. The number of aliphatic hydroxyl groups is 1. The van der Waals surface area contributed by atoms with Crippen LogP contribution >= 0.6 is 0 Å². The molecule has 1 fully saturated rings. The third kappa shape index (κ3) is 3.97. The minimum atomic E-state index is -0.930. The van der Waals surface area contributed by atoms with E-state index in [1.54, 1.807) is 0 Å². The third-order valence-corrected chi connectivity index (χ3v) is 5.43. The van der Waals surface area contributed by atoms with Gasteiger partial charge in [-0.05, 0) is 38.1 Å². The lowest BCUT2D eigenvalue weighted by atomic mass is 9.79. The van der Waals surface area contributed by atoms with Gasteiger partial charge in [0.05, 0.1) is 6.04 Å². The third-order valence-electron chi connectivity index (χ3n) is 5.43. The van der Waals surface area contributed by atoms with E-state index < -0.39 is 5.60 Å². The van der Waals surface area contributed by atoms with Gasteiger partial charge in [-0.15, -0.1) is 0 Å². The van der Waals surface area contributed by atoms with Crippen molar-refractivity contribution >= 4 is 5.91 Å². The summed E-state index contributed by atoms with van der Waals surface area (Å²) in [7, 11) is 3.94. The first-order valence-electron chi connectivity index (χ1n) is 9.27. The summed E-state index contributed by atoms with van der Waals surface area (Å²) in [5.74, 6) is 0.163. The number of likely N-dealkylation sites (tertiary alicyclic amines) is 1. The Morgan fingerprint density at radius 3 is 2.35 bits per heavy atom. The summed E-state index contributed by atoms with van der Waals surface area (Å²) in [4.78, 5) is 16.7. The van der Waals surface area contributed by atoms with Crippen LogP contribution in [0.1, 0.15) is 24.0 Å². The molecule has 2 atom stereocenters. The Kier molecular flexibility index (Phi) is 5.74. The van der Waals surface area contributed by atoms with Gasteiger partial charge in [-0.3, -0.25) is 4.79 Å². The zero-order chi connectivity index (χ0) is 18.6. The first-order chi connectivity index (χ1) is 12.5. The Balaban J connectivity index is 1.68. The Morgan fingerprint density at radius 2 is 1.73 bits per heavy atom. The van der Waals surface area contributed by atoms with Crippen molar-refractivity contribution in [2.24, 2.45) is 0 Å². The number of carbonyl (C=O) groups is 1. The molecule has 4 heteroatoms. The molecule has 3 rings (SSSR count). The summed E-state index contributed by atoms with van der Waals surface area (Å²) in [5, 5.41) is 11.4. The van der Waals surface area contributed by atoms with Gasteiger partial charge in [0.2, 0.25) is 5.91 Å². The van der Waals surface area contributed by atoms with Crippen molar-refractivity contribution in [3.8, 4) is 0 Å². The monoisotopic (exact) mass is 352 g/mol. The predicted molar refractivity (Wildman–Crippen MR) is 104 cm³/mol. The van der Waals surface area contributed by atoms with Gasteiger partial charge in [0.25, 0.3) is 0 Å². The molecule has 138 valence electrons. The molecule has 0 bridgehead atoms. The highest BCUT2D eigenvalue weighted by atomic mass is 16.3.